The summed E-state index contributed by atoms with van der Waals surface area (Å²) in [5, 5.41) is 1.79. The summed E-state index contributed by atoms with van der Waals surface area (Å²) in [5.74, 6) is 0.611. The van der Waals surface area contributed by atoms with Crippen LogP contribution < -0.4 is 5.73 Å². The van der Waals surface area contributed by atoms with Gasteiger partial charge in [-0.25, -0.2) is 4.98 Å². The number of hydrogen-bond acceptors (Lipinski definition) is 3. The van der Waals surface area contributed by atoms with Crippen molar-refractivity contribution in [2.75, 3.05) is 5.73 Å². The van der Waals surface area contributed by atoms with Crippen LogP contribution in [0.5, 0.6) is 0 Å². The second kappa shape index (κ2) is 4.59. The molecule has 46 valence electrons. The molecule has 2 N–H and O–H groups in total. The molecule has 0 saturated heterocycles. The first-order valence-electron chi connectivity index (χ1n) is 2.53. The maximum Gasteiger partial charge on any atom is 0.134 e. The molecule has 0 fully saturated rings. The Hall–Kier alpha value is -0.570. The van der Waals surface area contributed by atoms with Gasteiger partial charge in [-0.2, -0.15) is 0 Å². The van der Waals surface area contributed by atoms with Gasteiger partial charge in [-0.1, -0.05) is 13.8 Å². The van der Waals surface area contributed by atoms with Crippen LogP contribution >= 0.6 is 11.3 Å². The third-order valence-corrected chi connectivity index (χ3v) is 1.06. The number of aromatic nitrogens is 1. The lowest BCUT2D eigenvalue weighted by Crippen LogP contribution is -1.79. The summed E-state index contributed by atoms with van der Waals surface area (Å²) in [5.41, 5.74) is 6.88. The minimum atomic E-state index is 0.611. The summed E-state index contributed by atoms with van der Waals surface area (Å²) < 4.78 is 0. The number of hydrogen-bond donors (Lipinski definition) is 1. The number of rotatable bonds is 0. The molecule has 0 saturated carbocycles. The van der Waals surface area contributed by atoms with Gasteiger partial charge in [0.05, 0.1) is 5.51 Å². The van der Waals surface area contributed by atoms with E-state index < -0.39 is 0 Å². The minimum absolute atomic E-state index is 0.611. The predicted molar refractivity (Wildman–Crippen MR) is 37.9 cm³/mol. The van der Waals surface area contributed by atoms with E-state index in [-0.39, 0.29) is 0 Å². The third-order valence-electron chi connectivity index (χ3n) is 0.451. The molecule has 0 aliphatic heterocycles. The second-order valence-electron chi connectivity index (χ2n) is 0.913. The molecule has 3 heteroatoms. The smallest absolute Gasteiger partial charge is 0.134 e. The van der Waals surface area contributed by atoms with Crippen molar-refractivity contribution in [3.63, 3.8) is 0 Å². The first-order chi connectivity index (χ1) is 3.89. The summed E-state index contributed by atoms with van der Waals surface area (Å²) in [6.07, 6.45) is 0. The number of anilines is 1. The molecule has 1 rings (SSSR count). The van der Waals surface area contributed by atoms with Crippen LogP contribution in [0.1, 0.15) is 13.8 Å². The zero-order valence-electron chi connectivity index (χ0n) is 5.09. The van der Waals surface area contributed by atoms with Gasteiger partial charge in [-0.15, -0.1) is 11.3 Å². The monoisotopic (exact) mass is 130 g/mol. The first kappa shape index (κ1) is 7.43. The average molecular weight is 130 g/mol. The summed E-state index contributed by atoms with van der Waals surface area (Å²) in [7, 11) is 0. The highest BCUT2D eigenvalue weighted by Crippen LogP contribution is 1.99. The Morgan fingerprint density at radius 1 is 1.62 bits per heavy atom. The molecule has 0 atom stereocenters. The molecule has 0 aliphatic rings. The highest BCUT2D eigenvalue weighted by molar-refractivity contribution is 7.07. The molecule has 0 radical (unpaired) electrons. The van der Waals surface area contributed by atoms with Crippen molar-refractivity contribution in [3.05, 3.63) is 10.9 Å². The summed E-state index contributed by atoms with van der Waals surface area (Å²) in [6.45, 7) is 4.00. The van der Waals surface area contributed by atoms with E-state index in [1.807, 2.05) is 13.8 Å². The lowest BCUT2D eigenvalue weighted by atomic mass is 10.9. The van der Waals surface area contributed by atoms with Gasteiger partial charge in [0, 0.05) is 5.38 Å². The van der Waals surface area contributed by atoms with Gasteiger partial charge in [0.25, 0.3) is 0 Å². The molecule has 8 heavy (non-hydrogen) atoms. The Morgan fingerprint density at radius 3 is 2.38 bits per heavy atom. The van der Waals surface area contributed by atoms with E-state index >= 15 is 0 Å². The number of nitrogens with two attached hydrogens (primary N) is 1. The topological polar surface area (TPSA) is 38.9 Å². The Bertz CT molecular complexity index is 114. The van der Waals surface area contributed by atoms with E-state index in [1.165, 1.54) is 11.3 Å². The summed E-state index contributed by atoms with van der Waals surface area (Å²) in [6, 6.07) is 0. The van der Waals surface area contributed by atoms with Gasteiger partial charge in [0.2, 0.25) is 0 Å². The molecule has 0 amide bonds. The molecule has 0 aromatic carbocycles. The lowest BCUT2D eigenvalue weighted by Gasteiger charge is -1.67. The zero-order valence-corrected chi connectivity index (χ0v) is 5.90. The Labute approximate surface area is 53.4 Å². The fraction of sp³-hybridized carbons (Fsp3) is 0.400. The number of nitrogen functional groups attached to an aromatic ring is 1. The molecular formula is C5H10N2S. The average Bonchev–Trinajstić information content (AvgIpc) is 2.24. The van der Waals surface area contributed by atoms with Crippen LogP contribution in [0, 0.1) is 0 Å². The van der Waals surface area contributed by atoms with Gasteiger partial charge < -0.3 is 5.73 Å². The SMILES string of the molecule is CC.Nc1cscn1. The Kier molecular flexibility index (Phi) is 4.26. The van der Waals surface area contributed by atoms with Crippen molar-refractivity contribution in [3.8, 4) is 0 Å². The van der Waals surface area contributed by atoms with Crippen LogP contribution in [-0.4, -0.2) is 4.98 Å². The molecule has 1 aromatic heterocycles. The number of thiazole rings is 1. The molecule has 1 aromatic rings. The summed E-state index contributed by atoms with van der Waals surface area (Å²) >= 11 is 1.50. The molecule has 1 heterocycles. The highest BCUT2D eigenvalue weighted by atomic mass is 32.1. The molecular weight excluding hydrogens is 120 g/mol. The van der Waals surface area contributed by atoms with Crippen molar-refractivity contribution in [1.29, 1.82) is 0 Å². The Morgan fingerprint density at radius 2 is 2.25 bits per heavy atom. The molecule has 0 unspecified atom stereocenters. The van der Waals surface area contributed by atoms with Crippen molar-refractivity contribution in [1.82, 2.24) is 4.98 Å². The van der Waals surface area contributed by atoms with Gasteiger partial charge in [0.15, 0.2) is 0 Å². The fourth-order valence-electron chi connectivity index (χ4n) is 0.222. The second-order valence-corrected chi connectivity index (χ2v) is 1.63. The van der Waals surface area contributed by atoms with Gasteiger partial charge in [-0.3, -0.25) is 0 Å². The fourth-order valence-corrected chi connectivity index (χ4v) is 0.666. The van der Waals surface area contributed by atoms with Crippen molar-refractivity contribution >= 4 is 17.2 Å². The van der Waals surface area contributed by atoms with Crippen molar-refractivity contribution in [2.24, 2.45) is 0 Å². The van der Waals surface area contributed by atoms with Crippen LogP contribution in [0.3, 0.4) is 0 Å². The van der Waals surface area contributed by atoms with Crippen LogP contribution in [0.25, 0.3) is 0 Å². The largest absolute Gasteiger partial charge is 0.383 e. The maximum atomic E-state index is 5.18. The zero-order chi connectivity index (χ0) is 6.41. The van der Waals surface area contributed by atoms with E-state index in [4.69, 9.17) is 5.73 Å². The van der Waals surface area contributed by atoms with Crippen molar-refractivity contribution in [2.45, 2.75) is 13.8 Å². The molecule has 0 spiro atoms. The molecule has 0 bridgehead atoms. The minimum Gasteiger partial charge on any atom is -0.383 e. The van der Waals surface area contributed by atoms with Crippen LogP contribution in [0.4, 0.5) is 5.82 Å². The normalized spacial score (nSPS) is 7.25. The van der Waals surface area contributed by atoms with Crippen LogP contribution in [0.2, 0.25) is 0 Å². The Balaban J connectivity index is 0.000000222. The summed E-state index contributed by atoms with van der Waals surface area (Å²) in [4.78, 5) is 3.71. The predicted octanol–water partition coefficient (Wildman–Crippen LogP) is 1.75. The maximum absolute atomic E-state index is 5.18. The van der Waals surface area contributed by atoms with E-state index in [9.17, 15) is 0 Å². The van der Waals surface area contributed by atoms with Gasteiger partial charge in [-0.05, 0) is 0 Å². The molecule has 2 nitrogen and oxygen atoms in total. The van der Waals surface area contributed by atoms with Crippen molar-refractivity contribution < 1.29 is 0 Å². The van der Waals surface area contributed by atoms with E-state index in [0.717, 1.165) is 0 Å². The highest BCUT2D eigenvalue weighted by Gasteiger charge is 1.76. The van der Waals surface area contributed by atoms with Gasteiger partial charge in [0.1, 0.15) is 5.82 Å². The first-order valence-corrected chi connectivity index (χ1v) is 3.47. The van der Waals surface area contributed by atoms with Crippen LogP contribution in [0.15, 0.2) is 10.9 Å². The van der Waals surface area contributed by atoms with E-state index in [2.05, 4.69) is 4.98 Å². The van der Waals surface area contributed by atoms with E-state index in [1.54, 1.807) is 10.9 Å². The lowest BCUT2D eigenvalue weighted by molar-refractivity contribution is 1.43. The standard InChI is InChI=1S/C3H4N2S.C2H6/c4-3-1-6-2-5-3;1-2/h1-2H,4H2;1-2H3. The van der Waals surface area contributed by atoms with Gasteiger partial charge >= 0.3 is 0 Å². The van der Waals surface area contributed by atoms with Crippen LogP contribution in [-0.2, 0) is 0 Å². The number of nitrogens with zero attached hydrogens (tertiary/aromatic N) is 1. The third kappa shape index (κ3) is 2.58. The van der Waals surface area contributed by atoms with E-state index in [0.29, 0.717) is 5.82 Å². The molecule has 0 aliphatic carbocycles. The quantitative estimate of drug-likeness (QED) is 0.581.